The van der Waals surface area contributed by atoms with E-state index in [0.29, 0.717) is 17.1 Å². The molecule has 0 aliphatic heterocycles. The Balaban J connectivity index is 0.00000109. The van der Waals surface area contributed by atoms with E-state index in [9.17, 15) is 4.21 Å². The van der Waals surface area contributed by atoms with Crippen molar-refractivity contribution in [2.45, 2.75) is 13.8 Å². The minimum Gasteiger partial charge on any atom is -0.397 e. The molecule has 0 spiro atoms. The van der Waals surface area contributed by atoms with Gasteiger partial charge in [0.25, 0.3) is 0 Å². The third-order valence-corrected chi connectivity index (χ3v) is 3.51. The highest BCUT2D eigenvalue weighted by molar-refractivity contribution is 7.74. The lowest BCUT2D eigenvalue weighted by atomic mass is 10.1. The maximum absolute atomic E-state index is 10.7. The van der Waals surface area contributed by atoms with E-state index in [1.54, 1.807) is 0 Å². The van der Waals surface area contributed by atoms with Crippen molar-refractivity contribution in [2.24, 2.45) is 10.2 Å². The van der Waals surface area contributed by atoms with Gasteiger partial charge in [0.1, 0.15) is 11.4 Å². The average Bonchev–Trinajstić information content (AvgIpc) is 2.63. The van der Waals surface area contributed by atoms with Crippen molar-refractivity contribution in [3.05, 3.63) is 60.7 Å². The van der Waals surface area contributed by atoms with E-state index in [1.807, 2.05) is 56.3 Å². The lowest BCUT2D eigenvalue weighted by molar-refractivity contribution is 0.458. The molecular formula is C18H19N3O3S. The molecule has 7 heteroatoms. The number of benzene rings is 3. The van der Waals surface area contributed by atoms with Crippen LogP contribution in [0.5, 0.6) is 5.75 Å². The number of nitrogen functional groups attached to an aromatic ring is 1. The third-order valence-electron chi connectivity index (χ3n) is 3.18. The van der Waals surface area contributed by atoms with Gasteiger partial charge in [-0.25, -0.2) is 0 Å². The van der Waals surface area contributed by atoms with Gasteiger partial charge in [-0.1, -0.05) is 44.2 Å². The van der Waals surface area contributed by atoms with Crippen molar-refractivity contribution in [3.8, 4) is 5.75 Å². The number of hydrogen-bond donors (Lipinski definition) is 2. The fraction of sp³-hybridized carbons (Fsp3) is 0.111. The van der Waals surface area contributed by atoms with Gasteiger partial charge in [0, 0.05) is 6.07 Å². The summed E-state index contributed by atoms with van der Waals surface area (Å²) in [5.41, 5.74) is 7.26. The van der Waals surface area contributed by atoms with Gasteiger partial charge < -0.3 is 9.92 Å². The minimum atomic E-state index is -2.40. The topological polar surface area (TPSA) is 97.3 Å². The van der Waals surface area contributed by atoms with E-state index in [2.05, 4.69) is 10.2 Å². The molecule has 3 aromatic rings. The van der Waals surface area contributed by atoms with Crippen LogP contribution in [0.1, 0.15) is 13.8 Å². The maximum Gasteiger partial charge on any atom is 0.357 e. The van der Waals surface area contributed by atoms with Crippen LogP contribution in [-0.4, -0.2) is 8.76 Å². The molecule has 0 aromatic heterocycles. The predicted octanol–water partition coefficient (Wildman–Crippen LogP) is 5.38. The van der Waals surface area contributed by atoms with Gasteiger partial charge in [0.15, 0.2) is 0 Å². The predicted molar refractivity (Wildman–Crippen MR) is 102 cm³/mol. The highest BCUT2D eigenvalue weighted by Crippen LogP contribution is 2.30. The fourth-order valence-corrected chi connectivity index (χ4v) is 2.36. The van der Waals surface area contributed by atoms with Gasteiger partial charge in [-0.2, -0.15) is 9.32 Å². The number of anilines is 1. The number of fused-ring (bicyclic) bond motifs is 1. The van der Waals surface area contributed by atoms with Crippen molar-refractivity contribution in [2.75, 3.05) is 5.73 Å². The Morgan fingerprint density at radius 3 is 2.40 bits per heavy atom. The van der Waals surface area contributed by atoms with Crippen LogP contribution in [0.15, 0.2) is 70.9 Å². The van der Waals surface area contributed by atoms with Crippen LogP contribution < -0.4 is 9.92 Å². The van der Waals surface area contributed by atoms with E-state index in [-0.39, 0.29) is 5.75 Å². The molecule has 1 unspecified atom stereocenters. The van der Waals surface area contributed by atoms with E-state index >= 15 is 0 Å². The van der Waals surface area contributed by atoms with Gasteiger partial charge in [-0.05, 0) is 35.0 Å². The van der Waals surface area contributed by atoms with Gasteiger partial charge >= 0.3 is 11.4 Å². The molecule has 3 N–H and O–H groups in total. The number of rotatable bonds is 4. The summed E-state index contributed by atoms with van der Waals surface area (Å²) in [5.74, 6) is 0.187. The normalized spacial score (nSPS) is 11.8. The summed E-state index contributed by atoms with van der Waals surface area (Å²) >= 11 is -2.40. The first-order chi connectivity index (χ1) is 12.1. The molecular weight excluding hydrogens is 338 g/mol. The van der Waals surface area contributed by atoms with Crippen LogP contribution in [0.3, 0.4) is 0 Å². The van der Waals surface area contributed by atoms with Crippen molar-refractivity contribution in [1.29, 1.82) is 0 Å². The number of azo groups is 1. The largest absolute Gasteiger partial charge is 0.397 e. The lowest BCUT2D eigenvalue weighted by Gasteiger charge is -2.03. The molecule has 0 aliphatic rings. The monoisotopic (exact) mass is 357 g/mol. The Hall–Kier alpha value is -2.77. The zero-order valence-corrected chi connectivity index (χ0v) is 14.7. The van der Waals surface area contributed by atoms with Gasteiger partial charge in [0.05, 0.1) is 11.4 Å². The van der Waals surface area contributed by atoms with Crippen molar-refractivity contribution in [3.63, 3.8) is 0 Å². The Morgan fingerprint density at radius 2 is 1.68 bits per heavy atom. The van der Waals surface area contributed by atoms with Crippen LogP contribution in [0, 0.1) is 0 Å². The minimum absolute atomic E-state index is 0.187. The first-order valence-corrected chi connectivity index (χ1v) is 8.74. The third kappa shape index (κ3) is 5.10. The van der Waals surface area contributed by atoms with Crippen LogP contribution in [0.25, 0.3) is 10.8 Å². The van der Waals surface area contributed by atoms with E-state index < -0.39 is 11.4 Å². The maximum atomic E-state index is 10.7. The summed E-state index contributed by atoms with van der Waals surface area (Å²) in [6.07, 6.45) is 0. The number of nitrogens with two attached hydrogens (primary N) is 1. The van der Waals surface area contributed by atoms with E-state index in [1.165, 1.54) is 18.2 Å². The molecule has 0 radical (unpaired) electrons. The highest BCUT2D eigenvalue weighted by Gasteiger charge is 2.04. The lowest BCUT2D eigenvalue weighted by Crippen LogP contribution is -1.97. The van der Waals surface area contributed by atoms with Gasteiger partial charge in [-0.3, -0.25) is 4.55 Å². The second kappa shape index (κ2) is 8.91. The Labute approximate surface area is 148 Å². The second-order valence-electron chi connectivity index (χ2n) is 4.75. The average molecular weight is 357 g/mol. The molecule has 0 aliphatic carbocycles. The summed E-state index contributed by atoms with van der Waals surface area (Å²) in [6, 6.07) is 18.1. The van der Waals surface area contributed by atoms with Gasteiger partial charge in [0.2, 0.25) is 0 Å². The zero-order valence-electron chi connectivity index (χ0n) is 13.9. The molecule has 6 nitrogen and oxygen atoms in total. The van der Waals surface area contributed by atoms with Gasteiger partial charge in [-0.15, -0.1) is 5.11 Å². The molecule has 0 saturated heterocycles. The molecule has 1 atom stereocenters. The van der Waals surface area contributed by atoms with Crippen molar-refractivity contribution >= 4 is 39.2 Å². The zero-order chi connectivity index (χ0) is 18.2. The molecule has 0 amide bonds. The standard InChI is InChI=1S/C16H13N3O3S.C2H6/c17-15-8-7-14(22-23(20)21)10-16(15)19-18-13-6-5-11-3-1-2-4-12(11)9-13;1-2/h1-10H,17H2,(H,20,21);1-2H3. The quantitative estimate of drug-likeness (QED) is 0.372. The molecule has 0 heterocycles. The molecule has 3 aromatic carbocycles. The summed E-state index contributed by atoms with van der Waals surface area (Å²) in [6.45, 7) is 4.00. The summed E-state index contributed by atoms with van der Waals surface area (Å²) in [5, 5.41) is 10.4. The van der Waals surface area contributed by atoms with E-state index in [4.69, 9.17) is 14.5 Å². The second-order valence-corrected chi connectivity index (χ2v) is 5.35. The van der Waals surface area contributed by atoms with Crippen LogP contribution in [-0.2, 0) is 11.4 Å². The number of nitrogens with zero attached hydrogens (tertiary/aromatic N) is 2. The Kier molecular flexibility index (Phi) is 6.62. The summed E-state index contributed by atoms with van der Waals surface area (Å²) < 4.78 is 24.1. The molecule has 25 heavy (non-hydrogen) atoms. The summed E-state index contributed by atoms with van der Waals surface area (Å²) in [7, 11) is 0. The summed E-state index contributed by atoms with van der Waals surface area (Å²) in [4.78, 5) is 0. The molecule has 0 bridgehead atoms. The Bertz CT molecular complexity index is 913. The van der Waals surface area contributed by atoms with E-state index in [0.717, 1.165) is 10.8 Å². The smallest absolute Gasteiger partial charge is 0.357 e. The van der Waals surface area contributed by atoms with Crippen molar-refractivity contribution < 1.29 is 12.9 Å². The van der Waals surface area contributed by atoms with Crippen LogP contribution in [0.4, 0.5) is 17.1 Å². The highest BCUT2D eigenvalue weighted by atomic mass is 32.2. The first kappa shape index (κ1) is 18.6. The number of hydrogen-bond acceptors (Lipinski definition) is 5. The molecule has 3 rings (SSSR count). The SMILES string of the molecule is CC.Nc1ccc(OS(=O)O)cc1N=Nc1ccc2ccccc2c1. The molecule has 0 saturated carbocycles. The molecule has 130 valence electrons. The first-order valence-electron chi connectivity index (χ1n) is 7.71. The van der Waals surface area contributed by atoms with Crippen molar-refractivity contribution in [1.82, 2.24) is 0 Å². The fourth-order valence-electron chi connectivity index (χ4n) is 2.09. The van der Waals surface area contributed by atoms with Crippen LogP contribution in [0.2, 0.25) is 0 Å². The Morgan fingerprint density at radius 1 is 0.960 bits per heavy atom. The van der Waals surface area contributed by atoms with Crippen LogP contribution >= 0.6 is 0 Å². The molecule has 0 fully saturated rings.